The highest BCUT2D eigenvalue weighted by Gasteiger charge is 2.50. The molecule has 0 N–H and O–H groups in total. The summed E-state index contributed by atoms with van der Waals surface area (Å²) in [5.74, 6) is 0. The zero-order valence-corrected chi connectivity index (χ0v) is 40.7. The molecule has 0 fully saturated rings. The van der Waals surface area contributed by atoms with E-state index in [9.17, 15) is 0 Å². The lowest BCUT2D eigenvalue weighted by atomic mass is 9.33. The van der Waals surface area contributed by atoms with Gasteiger partial charge in [-0.3, -0.25) is 0 Å². The van der Waals surface area contributed by atoms with Crippen LogP contribution in [0.15, 0.2) is 101 Å². The SMILES string of the molecule is Cc1cc2c3c(c1)N(c1cccc4oc5ccccc5c14)c1cc4c(cc1B3c1cc3c(cc1N2c1ccc2c(c1)C(C)(C)CCC2(C)C)C(C)(C)CCC3(C)C)C(C)(C)CC4(C)C. The van der Waals surface area contributed by atoms with E-state index in [2.05, 4.69) is 197 Å². The van der Waals surface area contributed by atoms with Gasteiger partial charge in [0.05, 0.1) is 11.1 Å². The normalized spacial score (nSPS) is 20.9. The standard InChI is InChI=1S/C60H65BN2O/c1-35-27-49-54-50(28-35)63(46-18-16-20-52-53(46)37-17-14-15-19-51(37)64-52)48-33-43-41(59(10,11)34-60(43,12)13)31-45(48)61(54)44-30-40-42(58(8,9)26-25-57(40,6)7)32-47(44)62(49)36-21-22-38-39(29-36)56(4,5)24-23-55(38,2)3/h14-22,27-33H,23-26,34H2,1-13H3. The van der Waals surface area contributed by atoms with E-state index in [1.54, 1.807) is 0 Å². The zero-order chi connectivity index (χ0) is 44.8. The van der Waals surface area contributed by atoms with Gasteiger partial charge in [-0.05, 0) is 181 Å². The maximum absolute atomic E-state index is 6.65. The molecular weight excluding hydrogens is 775 g/mol. The van der Waals surface area contributed by atoms with Gasteiger partial charge in [0.2, 0.25) is 0 Å². The Bertz CT molecular complexity index is 3190. The van der Waals surface area contributed by atoms with Crippen molar-refractivity contribution in [3.05, 3.63) is 136 Å². The van der Waals surface area contributed by atoms with Crippen LogP contribution in [-0.4, -0.2) is 6.71 Å². The second kappa shape index (κ2) is 12.6. The number of furan rings is 1. The molecule has 0 radical (unpaired) electrons. The lowest BCUT2D eigenvalue weighted by Gasteiger charge is -2.48. The number of aryl methyl sites for hydroxylation is 1. The quantitative estimate of drug-likeness (QED) is 0.162. The second-order valence-corrected chi connectivity index (χ2v) is 24.7. The van der Waals surface area contributed by atoms with Crippen molar-refractivity contribution in [2.75, 3.05) is 9.80 Å². The Morgan fingerprint density at radius 1 is 0.438 bits per heavy atom. The van der Waals surface area contributed by atoms with Gasteiger partial charge < -0.3 is 14.2 Å². The molecule has 64 heavy (non-hydrogen) atoms. The molecule has 0 unspecified atom stereocenters. The number of anilines is 6. The van der Waals surface area contributed by atoms with Crippen LogP contribution in [-0.2, 0) is 32.5 Å². The molecule has 6 aromatic carbocycles. The predicted molar refractivity (Wildman–Crippen MR) is 274 cm³/mol. The van der Waals surface area contributed by atoms with Crippen molar-refractivity contribution >= 4 is 79.2 Å². The maximum atomic E-state index is 6.65. The highest BCUT2D eigenvalue weighted by Crippen LogP contribution is 2.56. The third kappa shape index (κ3) is 5.41. The van der Waals surface area contributed by atoms with Crippen LogP contribution in [0.5, 0.6) is 0 Å². The van der Waals surface area contributed by atoms with Crippen molar-refractivity contribution in [3.8, 4) is 0 Å². The third-order valence-corrected chi connectivity index (χ3v) is 17.4. The first-order valence-corrected chi connectivity index (χ1v) is 24.3. The van der Waals surface area contributed by atoms with Crippen LogP contribution in [0.1, 0.15) is 154 Å². The molecule has 0 atom stereocenters. The molecule has 3 heterocycles. The Kier molecular flexibility index (Phi) is 7.91. The monoisotopic (exact) mass is 841 g/mol. The molecule has 324 valence electrons. The lowest BCUT2D eigenvalue weighted by molar-refractivity contribution is 0.332. The molecule has 7 aromatic rings. The van der Waals surface area contributed by atoms with Crippen LogP contribution >= 0.6 is 0 Å². The Morgan fingerprint density at radius 3 is 1.58 bits per heavy atom. The van der Waals surface area contributed by atoms with Crippen molar-refractivity contribution in [1.29, 1.82) is 0 Å². The summed E-state index contributed by atoms with van der Waals surface area (Å²) in [7, 11) is 0. The van der Waals surface area contributed by atoms with Gasteiger partial charge in [-0.15, -0.1) is 0 Å². The zero-order valence-electron chi connectivity index (χ0n) is 40.7. The van der Waals surface area contributed by atoms with E-state index in [1.165, 1.54) is 121 Å². The van der Waals surface area contributed by atoms with E-state index >= 15 is 0 Å². The molecule has 4 heteroatoms. The van der Waals surface area contributed by atoms with Crippen molar-refractivity contribution < 1.29 is 4.42 Å². The number of hydrogen-bond donors (Lipinski definition) is 0. The number of benzene rings is 6. The van der Waals surface area contributed by atoms with Crippen molar-refractivity contribution in [3.63, 3.8) is 0 Å². The third-order valence-electron chi connectivity index (χ3n) is 17.4. The van der Waals surface area contributed by atoms with Crippen LogP contribution in [0, 0.1) is 6.92 Å². The molecule has 5 aliphatic rings. The first kappa shape index (κ1) is 40.3. The summed E-state index contributed by atoms with van der Waals surface area (Å²) in [6.07, 6.45) is 5.87. The fraction of sp³-hybridized carbons (Fsp3) is 0.400. The molecule has 1 aromatic heterocycles. The van der Waals surface area contributed by atoms with Crippen molar-refractivity contribution in [1.82, 2.24) is 0 Å². The first-order chi connectivity index (χ1) is 30.1. The highest BCUT2D eigenvalue weighted by molar-refractivity contribution is 7.00. The molecule has 3 aliphatic carbocycles. The number of nitrogens with zero attached hydrogens (tertiary/aromatic N) is 2. The van der Waals surface area contributed by atoms with Gasteiger partial charge in [0.25, 0.3) is 6.71 Å². The topological polar surface area (TPSA) is 19.6 Å². The van der Waals surface area contributed by atoms with E-state index in [1.807, 2.05) is 0 Å². The fourth-order valence-electron chi connectivity index (χ4n) is 13.8. The second-order valence-electron chi connectivity index (χ2n) is 24.7. The average molecular weight is 841 g/mol. The van der Waals surface area contributed by atoms with Crippen LogP contribution < -0.4 is 26.2 Å². The molecule has 12 rings (SSSR count). The van der Waals surface area contributed by atoms with E-state index < -0.39 is 0 Å². The summed E-state index contributed by atoms with van der Waals surface area (Å²) in [6.45, 7) is 32.0. The van der Waals surface area contributed by atoms with Crippen LogP contribution in [0.4, 0.5) is 34.1 Å². The first-order valence-electron chi connectivity index (χ1n) is 24.3. The minimum Gasteiger partial charge on any atom is -0.456 e. The van der Waals surface area contributed by atoms with Crippen molar-refractivity contribution in [2.45, 2.75) is 155 Å². The molecule has 0 saturated carbocycles. The summed E-state index contributed by atoms with van der Waals surface area (Å²) in [5.41, 5.74) is 24.5. The Balaban J connectivity index is 1.23. The van der Waals surface area contributed by atoms with E-state index in [0.717, 1.165) is 23.0 Å². The molecule has 3 nitrogen and oxygen atoms in total. The van der Waals surface area contributed by atoms with Gasteiger partial charge in [0.1, 0.15) is 11.2 Å². The van der Waals surface area contributed by atoms with Gasteiger partial charge in [-0.25, -0.2) is 0 Å². The minimum atomic E-state index is 0.0384. The molecule has 2 aliphatic heterocycles. The predicted octanol–water partition coefficient (Wildman–Crippen LogP) is 14.6. The van der Waals surface area contributed by atoms with Crippen LogP contribution in [0.25, 0.3) is 21.9 Å². The Morgan fingerprint density at radius 2 is 0.938 bits per heavy atom. The minimum absolute atomic E-state index is 0.0384. The van der Waals surface area contributed by atoms with Gasteiger partial charge in [-0.1, -0.05) is 126 Å². The Labute approximate surface area is 382 Å². The van der Waals surface area contributed by atoms with Gasteiger partial charge in [0.15, 0.2) is 0 Å². The number of fused-ring (bicyclic) bond motifs is 10. The number of rotatable bonds is 2. The van der Waals surface area contributed by atoms with Crippen LogP contribution in [0.2, 0.25) is 0 Å². The summed E-state index contributed by atoms with van der Waals surface area (Å²) in [6, 6.07) is 38.5. The van der Waals surface area contributed by atoms with Gasteiger partial charge in [0, 0.05) is 33.8 Å². The van der Waals surface area contributed by atoms with E-state index in [0.29, 0.717) is 0 Å². The number of hydrogen-bond acceptors (Lipinski definition) is 3. The average Bonchev–Trinajstić information content (AvgIpc) is 3.70. The summed E-state index contributed by atoms with van der Waals surface area (Å²) in [4.78, 5) is 5.35. The largest absolute Gasteiger partial charge is 0.456 e. The molecular formula is C60H65BN2O. The number of para-hydroxylation sites is 1. The molecule has 0 saturated heterocycles. The van der Waals surface area contributed by atoms with Crippen molar-refractivity contribution in [2.24, 2.45) is 0 Å². The summed E-state index contributed by atoms with van der Waals surface area (Å²) in [5, 5.41) is 2.33. The van der Waals surface area contributed by atoms with Crippen LogP contribution in [0.3, 0.4) is 0 Å². The molecule has 0 amide bonds. The molecule has 0 bridgehead atoms. The Hall–Kier alpha value is -5.22. The smallest absolute Gasteiger partial charge is 0.252 e. The van der Waals surface area contributed by atoms with Gasteiger partial charge in [-0.2, -0.15) is 0 Å². The summed E-state index contributed by atoms with van der Waals surface area (Å²) < 4.78 is 6.65. The highest BCUT2D eigenvalue weighted by atomic mass is 16.3. The van der Waals surface area contributed by atoms with E-state index in [4.69, 9.17) is 4.42 Å². The maximum Gasteiger partial charge on any atom is 0.252 e. The van der Waals surface area contributed by atoms with Gasteiger partial charge >= 0.3 is 0 Å². The summed E-state index contributed by atoms with van der Waals surface area (Å²) >= 11 is 0. The molecule has 0 spiro atoms. The van der Waals surface area contributed by atoms with E-state index in [-0.39, 0.29) is 39.2 Å². The lowest BCUT2D eigenvalue weighted by Crippen LogP contribution is -2.62. The fourth-order valence-corrected chi connectivity index (χ4v) is 13.8.